The lowest BCUT2D eigenvalue weighted by Gasteiger charge is -2.26. The van der Waals surface area contributed by atoms with E-state index in [2.05, 4.69) is 11.2 Å². The van der Waals surface area contributed by atoms with Crippen molar-refractivity contribution in [2.45, 2.75) is 17.7 Å². The van der Waals surface area contributed by atoms with Gasteiger partial charge in [-0.05, 0) is 42.3 Å². The molecule has 0 bridgehead atoms. The van der Waals surface area contributed by atoms with Crippen LogP contribution in [0.4, 0.5) is 5.69 Å². The van der Waals surface area contributed by atoms with Crippen LogP contribution in [0.1, 0.15) is 17.5 Å². The van der Waals surface area contributed by atoms with Crippen molar-refractivity contribution in [2.24, 2.45) is 0 Å². The normalized spacial score (nSPS) is 14.3. The van der Waals surface area contributed by atoms with Crippen molar-refractivity contribution in [3.8, 4) is 12.3 Å². The van der Waals surface area contributed by atoms with Gasteiger partial charge in [-0.2, -0.15) is 4.31 Å². The number of hydrogen-bond acceptors (Lipinski definition) is 5. The molecule has 0 saturated carbocycles. The largest absolute Gasteiger partial charge is 0.379 e. The number of aryl methyl sites for hydroxylation is 1. The molecule has 3 rings (SSSR count). The summed E-state index contributed by atoms with van der Waals surface area (Å²) in [7, 11) is -1.98. The quantitative estimate of drug-likeness (QED) is 0.594. The molecule has 8 nitrogen and oxygen atoms in total. The molecule has 2 aromatic carbocycles. The van der Waals surface area contributed by atoms with Crippen molar-refractivity contribution in [2.75, 3.05) is 45.2 Å². The van der Waals surface area contributed by atoms with Crippen molar-refractivity contribution in [3.05, 3.63) is 59.7 Å². The molecule has 0 spiro atoms. The van der Waals surface area contributed by atoms with Gasteiger partial charge >= 0.3 is 0 Å². The molecule has 0 aliphatic carbocycles. The summed E-state index contributed by atoms with van der Waals surface area (Å²) in [6.45, 7) is 1.38. The molecular formula is C24H27N3O5S. The Balaban J connectivity index is 1.49. The summed E-state index contributed by atoms with van der Waals surface area (Å²) >= 11 is 0. The topological polar surface area (TPSA) is 96.0 Å². The zero-order valence-corrected chi connectivity index (χ0v) is 19.3. The molecule has 1 N–H and O–H groups in total. The first kappa shape index (κ1) is 24.5. The summed E-state index contributed by atoms with van der Waals surface area (Å²) in [4.78, 5) is 26.3. The highest BCUT2D eigenvalue weighted by molar-refractivity contribution is 7.89. The van der Waals surface area contributed by atoms with E-state index >= 15 is 0 Å². The van der Waals surface area contributed by atoms with Gasteiger partial charge < -0.3 is 15.0 Å². The van der Waals surface area contributed by atoms with Gasteiger partial charge in [-0.25, -0.2) is 8.42 Å². The number of nitrogens with one attached hydrogen (secondary N) is 1. The van der Waals surface area contributed by atoms with Crippen LogP contribution >= 0.6 is 0 Å². The molecule has 2 amide bonds. The summed E-state index contributed by atoms with van der Waals surface area (Å²) in [6.07, 6.45) is 6.00. The van der Waals surface area contributed by atoms with E-state index in [0.29, 0.717) is 44.0 Å². The second kappa shape index (κ2) is 11.1. The lowest BCUT2D eigenvalue weighted by Crippen LogP contribution is -2.40. The highest BCUT2D eigenvalue weighted by Gasteiger charge is 2.26. The number of terminal acetylenes is 1. The third kappa shape index (κ3) is 6.65. The van der Waals surface area contributed by atoms with E-state index in [1.807, 2.05) is 0 Å². The maximum absolute atomic E-state index is 12.7. The summed E-state index contributed by atoms with van der Waals surface area (Å²) in [5, 5.41) is 2.73. The van der Waals surface area contributed by atoms with Gasteiger partial charge in [-0.15, -0.1) is 6.42 Å². The number of ether oxygens (including phenoxy) is 1. The maximum Gasteiger partial charge on any atom is 0.243 e. The van der Waals surface area contributed by atoms with Gasteiger partial charge in [0.25, 0.3) is 0 Å². The Morgan fingerprint density at radius 1 is 1.15 bits per heavy atom. The first-order valence-corrected chi connectivity index (χ1v) is 12.0. The van der Waals surface area contributed by atoms with Gasteiger partial charge in [0.1, 0.15) is 0 Å². The molecule has 2 aromatic rings. The number of carbonyl (C=O) groups is 2. The molecule has 1 heterocycles. The Bertz CT molecular complexity index is 1130. The number of hydrogen-bond donors (Lipinski definition) is 1. The molecule has 33 heavy (non-hydrogen) atoms. The van der Waals surface area contributed by atoms with Gasteiger partial charge in [-0.3, -0.25) is 9.59 Å². The van der Waals surface area contributed by atoms with Crippen molar-refractivity contribution in [3.63, 3.8) is 0 Å². The molecule has 1 aliphatic heterocycles. The predicted molar refractivity (Wildman–Crippen MR) is 125 cm³/mol. The van der Waals surface area contributed by atoms with Gasteiger partial charge in [0.05, 0.1) is 24.7 Å². The third-order valence-corrected chi connectivity index (χ3v) is 7.19. The van der Waals surface area contributed by atoms with Crippen LogP contribution in [0.5, 0.6) is 0 Å². The zero-order chi connectivity index (χ0) is 23.8. The fourth-order valence-corrected chi connectivity index (χ4v) is 4.81. The fraction of sp³-hybridized carbons (Fsp3) is 0.333. The van der Waals surface area contributed by atoms with Crippen molar-refractivity contribution in [1.29, 1.82) is 0 Å². The van der Waals surface area contributed by atoms with E-state index in [-0.39, 0.29) is 29.7 Å². The molecule has 0 unspecified atom stereocenters. The minimum Gasteiger partial charge on any atom is -0.379 e. The van der Waals surface area contributed by atoms with Crippen molar-refractivity contribution < 1.29 is 22.7 Å². The number of nitrogens with zero attached hydrogens (tertiary/aromatic N) is 2. The average Bonchev–Trinajstić information content (AvgIpc) is 2.83. The maximum atomic E-state index is 12.7. The molecule has 0 radical (unpaired) electrons. The minimum absolute atomic E-state index is 0.0875. The van der Waals surface area contributed by atoms with Crippen LogP contribution in [0.2, 0.25) is 0 Å². The second-order valence-corrected chi connectivity index (χ2v) is 9.62. The van der Waals surface area contributed by atoms with E-state index in [1.165, 1.54) is 9.21 Å². The lowest BCUT2D eigenvalue weighted by atomic mass is 10.1. The monoisotopic (exact) mass is 469 g/mol. The molecule has 1 saturated heterocycles. The van der Waals surface area contributed by atoms with Gasteiger partial charge in [0.2, 0.25) is 21.8 Å². The fourth-order valence-electron chi connectivity index (χ4n) is 3.40. The van der Waals surface area contributed by atoms with E-state index in [4.69, 9.17) is 11.2 Å². The summed E-state index contributed by atoms with van der Waals surface area (Å²) in [6, 6.07) is 13.5. The predicted octanol–water partition coefficient (Wildman–Crippen LogP) is 1.72. The number of carbonyl (C=O) groups excluding carboxylic acids is 2. The Labute approximate surface area is 194 Å². The lowest BCUT2D eigenvalue weighted by molar-refractivity contribution is -0.133. The molecule has 0 atom stereocenters. The van der Waals surface area contributed by atoms with Crippen LogP contribution in [0.25, 0.3) is 0 Å². The highest BCUT2D eigenvalue weighted by Crippen LogP contribution is 2.18. The van der Waals surface area contributed by atoms with Gasteiger partial charge in [0, 0.05) is 37.8 Å². The summed E-state index contributed by atoms with van der Waals surface area (Å²) in [5.41, 5.74) is 2.07. The molecular weight excluding hydrogens is 442 g/mol. The van der Waals surface area contributed by atoms with Crippen LogP contribution in [-0.4, -0.2) is 69.3 Å². The number of rotatable bonds is 8. The molecule has 1 fully saturated rings. The number of likely N-dealkylation sites (N-methyl/N-ethyl adjacent to an activating group) is 1. The Kier molecular flexibility index (Phi) is 8.22. The summed E-state index contributed by atoms with van der Waals surface area (Å²) < 4.78 is 32.0. The van der Waals surface area contributed by atoms with Crippen LogP contribution < -0.4 is 5.32 Å². The van der Waals surface area contributed by atoms with Crippen molar-refractivity contribution in [1.82, 2.24) is 9.21 Å². The number of sulfonamides is 1. The second-order valence-electron chi connectivity index (χ2n) is 7.68. The van der Waals surface area contributed by atoms with E-state index in [1.54, 1.807) is 55.6 Å². The first-order valence-electron chi connectivity index (χ1n) is 10.6. The van der Waals surface area contributed by atoms with E-state index in [9.17, 15) is 18.0 Å². The minimum atomic E-state index is -3.54. The number of amides is 2. The van der Waals surface area contributed by atoms with Crippen LogP contribution in [0.3, 0.4) is 0 Å². The van der Waals surface area contributed by atoms with Crippen molar-refractivity contribution >= 4 is 27.5 Å². The SMILES string of the molecule is C#Cc1cccc(NC(=O)CN(C)C(=O)CCc2ccc(S(=O)(=O)N3CCOCC3)cc2)c1. The number of anilines is 1. The van der Waals surface area contributed by atoms with E-state index < -0.39 is 10.0 Å². The molecule has 0 aromatic heterocycles. The molecule has 1 aliphatic rings. The average molecular weight is 470 g/mol. The Hall–Kier alpha value is -3.19. The highest BCUT2D eigenvalue weighted by atomic mass is 32.2. The van der Waals surface area contributed by atoms with Gasteiger partial charge in [-0.1, -0.05) is 24.1 Å². The van der Waals surface area contributed by atoms with E-state index in [0.717, 1.165) is 5.56 Å². The Morgan fingerprint density at radius 2 is 1.85 bits per heavy atom. The third-order valence-electron chi connectivity index (χ3n) is 5.28. The Morgan fingerprint density at radius 3 is 2.52 bits per heavy atom. The zero-order valence-electron chi connectivity index (χ0n) is 18.5. The van der Waals surface area contributed by atoms with Crippen LogP contribution in [0, 0.1) is 12.3 Å². The first-order chi connectivity index (χ1) is 15.8. The molecule has 174 valence electrons. The number of benzene rings is 2. The smallest absolute Gasteiger partial charge is 0.243 e. The number of morpholine rings is 1. The van der Waals surface area contributed by atoms with Crippen LogP contribution in [-0.2, 0) is 30.8 Å². The van der Waals surface area contributed by atoms with Gasteiger partial charge in [0.15, 0.2) is 0 Å². The summed E-state index contributed by atoms with van der Waals surface area (Å²) in [5.74, 6) is 1.99. The van der Waals surface area contributed by atoms with Crippen LogP contribution in [0.15, 0.2) is 53.4 Å². The molecule has 9 heteroatoms. The standard InChI is InChI=1S/C24H27N3O5S/c1-3-19-5-4-6-21(17-19)25-23(28)18-26(2)24(29)12-9-20-7-10-22(11-8-20)33(30,31)27-13-15-32-16-14-27/h1,4-8,10-11,17H,9,12-16,18H2,2H3,(H,25,28).